The van der Waals surface area contributed by atoms with Crippen molar-refractivity contribution in [2.75, 3.05) is 11.5 Å². The molecule has 5 nitrogen and oxygen atoms in total. The monoisotopic (exact) mass is 361 g/mol. The second-order valence-corrected chi connectivity index (χ2v) is 6.74. The number of allylic oxidation sites excluding steroid dienone is 2. The minimum atomic E-state index is -0.272. The molecule has 1 saturated heterocycles. The Hall–Kier alpha value is -3.21. The van der Waals surface area contributed by atoms with Crippen molar-refractivity contribution >= 4 is 23.3 Å². The first-order valence-electron chi connectivity index (χ1n) is 8.99. The molecule has 1 heterocycles. The lowest BCUT2D eigenvalue weighted by molar-refractivity contribution is -0.122. The second-order valence-electron chi connectivity index (χ2n) is 6.74. The molecule has 0 spiro atoms. The van der Waals surface area contributed by atoms with Crippen LogP contribution in [0, 0.1) is 11.8 Å². The molecule has 2 aliphatic rings. The van der Waals surface area contributed by atoms with Gasteiger partial charge in [-0.3, -0.25) is 14.4 Å². The molecule has 2 amide bonds. The molecule has 2 atom stereocenters. The maximum absolute atomic E-state index is 12.7. The summed E-state index contributed by atoms with van der Waals surface area (Å²) in [6.45, 7) is -0.107. The Morgan fingerprint density at radius 1 is 0.926 bits per heavy atom. The summed E-state index contributed by atoms with van der Waals surface area (Å²) in [7, 11) is 0. The molecule has 0 bridgehead atoms. The Bertz CT molecular complexity index is 893. The van der Waals surface area contributed by atoms with Gasteiger partial charge in [-0.15, -0.1) is 0 Å². The number of hydrogen-bond acceptors (Lipinski definition) is 4. The number of benzene rings is 2. The van der Waals surface area contributed by atoms with E-state index in [1.165, 1.54) is 4.90 Å². The molecule has 136 valence electrons. The molecule has 2 aromatic rings. The van der Waals surface area contributed by atoms with Crippen molar-refractivity contribution < 1.29 is 19.1 Å². The minimum absolute atomic E-state index is 0.107. The number of carbonyl (C=O) groups excluding carboxylic acids is 3. The van der Waals surface area contributed by atoms with Gasteiger partial charge in [-0.1, -0.05) is 48.6 Å². The van der Waals surface area contributed by atoms with Gasteiger partial charge >= 0.3 is 0 Å². The van der Waals surface area contributed by atoms with Crippen molar-refractivity contribution in [3.05, 3.63) is 72.3 Å². The quantitative estimate of drug-likeness (QED) is 0.465. The summed E-state index contributed by atoms with van der Waals surface area (Å²) in [6, 6.07) is 15.7. The van der Waals surface area contributed by atoms with Crippen molar-refractivity contribution in [1.82, 2.24) is 0 Å². The lowest BCUT2D eigenvalue weighted by Gasteiger charge is -2.16. The van der Waals surface area contributed by atoms with Gasteiger partial charge in [0.05, 0.1) is 17.5 Å². The molecule has 0 aromatic heterocycles. The Morgan fingerprint density at radius 2 is 1.59 bits per heavy atom. The van der Waals surface area contributed by atoms with Crippen LogP contribution >= 0.6 is 0 Å². The average molecular weight is 361 g/mol. The van der Waals surface area contributed by atoms with E-state index in [9.17, 15) is 14.4 Å². The summed E-state index contributed by atoms with van der Waals surface area (Å²) >= 11 is 0. The van der Waals surface area contributed by atoms with Gasteiger partial charge in [0.15, 0.2) is 12.4 Å². The number of Topliss-reactive ketones (excluding diaryl/α,β-unsaturated/α-hetero) is 1. The van der Waals surface area contributed by atoms with Crippen LogP contribution in [0.2, 0.25) is 0 Å². The van der Waals surface area contributed by atoms with Crippen LogP contribution in [0.25, 0.3) is 0 Å². The maximum atomic E-state index is 12.7. The van der Waals surface area contributed by atoms with Crippen molar-refractivity contribution in [3.63, 3.8) is 0 Å². The summed E-state index contributed by atoms with van der Waals surface area (Å²) in [6.07, 6.45) is 5.14. The molecule has 1 fully saturated rings. The van der Waals surface area contributed by atoms with Gasteiger partial charge in [-0.05, 0) is 25.0 Å². The third-order valence-corrected chi connectivity index (χ3v) is 5.05. The smallest absolute Gasteiger partial charge is 0.238 e. The molecule has 27 heavy (non-hydrogen) atoms. The van der Waals surface area contributed by atoms with E-state index < -0.39 is 0 Å². The predicted molar refractivity (Wildman–Crippen MR) is 101 cm³/mol. The highest BCUT2D eigenvalue weighted by Gasteiger charge is 2.47. The number of ether oxygens (including phenoxy) is 1. The largest absolute Gasteiger partial charge is 0.485 e. The van der Waals surface area contributed by atoms with Crippen LogP contribution in [-0.2, 0) is 9.59 Å². The van der Waals surface area contributed by atoms with E-state index in [2.05, 4.69) is 0 Å². The number of hydrogen-bond donors (Lipinski definition) is 0. The number of imide groups is 1. The van der Waals surface area contributed by atoms with Gasteiger partial charge in [-0.25, -0.2) is 4.90 Å². The summed E-state index contributed by atoms with van der Waals surface area (Å²) < 4.78 is 5.60. The van der Waals surface area contributed by atoms with Crippen LogP contribution in [0.1, 0.15) is 23.2 Å². The van der Waals surface area contributed by atoms with Gasteiger partial charge in [0.25, 0.3) is 0 Å². The highest BCUT2D eigenvalue weighted by atomic mass is 16.5. The van der Waals surface area contributed by atoms with Crippen LogP contribution in [0.3, 0.4) is 0 Å². The molecule has 4 rings (SSSR count). The fourth-order valence-electron chi connectivity index (χ4n) is 3.62. The number of fused-ring (bicyclic) bond motifs is 1. The number of nitrogens with zero attached hydrogens (tertiary/aromatic N) is 1. The normalized spacial score (nSPS) is 21.3. The van der Waals surface area contributed by atoms with Gasteiger partial charge in [0.2, 0.25) is 11.8 Å². The van der Waals surface area contributed by atoms with Crippen molar-refractivity contribution in [3.8, 4) is 5.75 Å². The lowest BCUT2D eigenvalue weighted by atomic mass is 9.85. The number of ketones is 1. The fraction of sp³-hybridized carbons (Fsp3) is 0.227. The summed E-state index contributed by atoms with van der Waals surface area (Å²) in [5.74, 6) is -0.547. The topological polar surface area (TPSA) is 63.7 Å². The molecule has 0 saturated carbocycles. The zero-order valence-corrected chi connectivity index (χ0v) is 14.7. The van der Waals surface area contributed by atoms with Crippen LogP contribution in [0.4, 0.5) is 5.69 Å². The minimum Gasteiger partial charge on any atom is -0.485 e. The highest BCUT2D eigenvalue weighted by molar-refractivity contribution is 6.22. The maximum Gasteiger partial charge on any atom is 0.238 e. The zero-order valence-electron chi connectivity index (χ0n) is 14.7. The number of amides is 2. The summed E-state index contributed by atoms with van der Waals surface area (Å²) in [5.41, 5.74) is 1.07. The molecule has 5 heteroatoms. The van der Waals surface area contributed by atoms with Gasteiger partial charge < -0.3 is 4.74 Å². The molecular weight excluding hydrogens is 342 g/mol. The average Bonchev–Trinajstić information content (AvgIpc) is 2.98. The molecular formula is C22H19NO4. The molecule has 2 unspecified atom stereocenters. The van der Waals surface area contributed by atoms with E-state index in [-0.39, 0.29) is 36.0 Å². The molecule has 1 aliphatic heterocycles. The predicted octanol–water partition coefficient (Wildman–Crippen LogP) is 3.40. The fourth-order valence-corrected chi connectivity index (χ4v) is 3.62. The van der Waals surface area contributed by atoms with E-state index in [0.29, 0.717) is 29.8 Å². The highest BCUT2D eigenvalue weighted by Crippen LogP contribution is 2.38. The van der Waals surface area contributed by atoms with Crippen LogP contribution in [0.5, 0.6) is 5.75 Å². The molecule has 0 radical (unpaired) electrons. The number of anilines is 1. The Balaban J connectivity index is 1.49. The van der Waals surface area contributed by atoms with E-state index in [0.717, 1.165) is 0 Å². The third kappa shape index (κ3) is 3.28. The van der Waals surface area contributed by atoms with Crippen LogP contribution in [0.15, 0.2) is 66.7 Å². The standard InChI is InChI=1S/C22H19NO4/c24-20(15-7-2-1-3-8-15)14-27-17-10-6-9-16(13-17)23-21(25)18-11-4-5-12-19(18)22(23)26/h1-10,13,18-19H,11-12,14H2. The first-order valence-corrected chi connectivity index (χ1v) is 8.99. The van der Waals surface area contributed by atoms with Crippen molar-refractivity contribution in [1.29, 1.82) is 0 Å². The summed E-state index contributed by atoms with van der Waals surface area (Å²) in [4.78, 5) is 38.8. The van der Waals surface area contributed by atoms with Crippen molar-refractivity contribution in [2.24, 2.45) is 11.8 Å². The van der Waals surface area contributed by atoms with Gasteiger partial charge in [0.1, 0.15) is 5.75 Å². The third-order valence-electron chi connectivity index (χ3n) is 5.05. The van der Waals surface area contributed by atoms with E-state index in [1.54, 1.807) is 48.5 Å². The van der Waals surface area contributed by atoms with Crippen LogP contribution < -0.4 is 9.64 Å². The van der Waals surface area contributed by atoms with E-state index in [4.69, 9.17) is 4.74 Å². The first kappa shape index (κ1) is 17.2. The molecule has 2 aromatic carbocycles. The first-order chi connectivity index (χ1) is 13.1. The zero-order chi connectivity index (χ0) is 18.8. The SMILES string of the molecule is O=C(COc1cccc(N2C(=O)C3CC=CCC3C2=O)c1)c1ccccc1. The Kier molecular flexibility index (Phi) is 4.59. The Labute approximate surface area is 157 Å². The van der Waals surface area contributed by atoms with E-state index in [1.807, 2.05) is 18.2 Å². The van der Waals surface area contributed by atoms with Gasteiger partial charge in [0, 0.05) is 11.6 Å². The molecule has 1 aliphatic carbocycles. The summed E-state index contributed by atoms with van der Waals surface area (Å²) in [5, 5.41) is 0. The molecule has 0 N–H and O–H groups in total. The number of rotatable bonds is 5. The van der Waals surface area contributed by atoms with Gasteiger partial charge in [-0.2, -0.15) is 0 Å². The lowest BCUT2D eigenvalue weighted by Crippen LogP contribution is -2.30. The van der Waals surface area contributed by atoms with E-state index >= 15 is 0 Å². The van der Waals surface area contributed by atoms with Crippen LogP contribution in [-0.4, -0.2) is 24.2 Å². The number of carbonyl (C=O) groups is 3. The second kappa shape index (κ2) is 7.19. The Morgan fingerprint density at radius 3 is 2.26 bits per heavy atom. The van der Waals surface area contributed by atoms with Crippen molar-refractivity contribution in [2.45, 2.75) is 12.8 Å².